The van der Waals surface area contributed by atoms with Crippen LogP contribution in [0.15, 0.2) is 65.4 Å². The molecule has 4 rings (SSSR count). The van der Waals surface area contributed by atoms with Crippen LogP contribution in [0.25, 0.3) is 17.0 Å². The first kappa shape index (κ1) is 23.9. The van der Waals surface area contributed by atoms with Crippen LogP contribution in [0.4, 0.5) is 5.69 Å². The van der Waals surface area contributed by atoms with E-state index in [1.807, 2.05) is 55.8 Å². The first-order valence-electron chi connectivity index (χ1n) is 11.2. The molecule has 1 aliphatic rings. The Morgan fingerprint density at radius 3 is 2.40 bits per heavy atom. The smallest absolute Gasteiger partial charge is 0.337 e. The Kier molecular flexibility index (Phi) is 6.30. The van der Waals surface area contributed by atoms with Crippen molar-refractivity contribution in [2.75, 3.05) is 12.1 Å². The Morgan fingerprint density at radius 2 is 1.74 bits per heavy atom. The fraction of sp³-hybridized carbons (Fsp3) is 0.259. The molecule has 8 heteroatoms. The number of hydrazone groups is 1. The van der Waals surface area contributed by atoms with Gasteiger partial charge in [0.1, 0.15) is 12.1 Å². The van der Waals surface area contributed by atoms with Crippen molar-refractivity contribution in [2.24, 2.45) is 5.10 Å². The summed E-state index contributed by atoms with van der Waals surface area (Å²) in [6.07, 6.45) is 3.63. The molecule has 3 aromatic rings. The van der Waals surface area contributed by atoms with Gasteiger partial charge in [0.2, 0.25) is 0 Å². The number of hydrogen-bond acceptors (Lipinski definition) is 6. The summed E-state index contributed by atoms with van der Waals surface area (Å²) in [6, 6.07) is 14.2. The number of rotatable bonds is 5. The van der Waals surface area contributed by atoms with Gasteiger partial charge in [0.05, 0.1) is 29.6 Å². The Labute approximate surface area is 203 Å². The molecule has 0 radical (unpaired) electrons. The highest BCUT2D eigenvalue weighted by Crippen LogP contribution is 2.29. The number of esters is 2. The number of methoxy groups -OCH3 is 1. The van der Waals surface area contributed by atoms with E-state index in [0.717, 1.165) is 16.5 Å². The fourth-order valence-electron chi connectivity index (χ4n) is 3.91. The Hall–Kier alpha value is -4.20. The second-order valence-corrected chi connectivity index (χ2v) is 9.21. The molecule has 0 saturated heterocycles. The van der Waals surface area contributed by atoms with Crippen LogP contribution in [-0.2, 0) is 25.6 Å². The number of carbonyl (C=O) groups excluding carboxylic acids is 3. The molecule has 0 fully saturated rings. The number of para-hydroxylation sites is 1. The van der Waals surface area contributed by atoms with Crippen LogP contribution in [-0.4, -0.2) is 40.8 Å². The summed E-state index contributed by atoms with van der Waals surface area (Å²) in [5, 5.41) is 6.64. The SMILES string of the molecule is COC(=O)c1ccc(N2N=C(C)/C(=C/c3cn(CC(=O)OC(C)(C)C)c4ccccc34)C2=O)cc1. The first-order chi connectivity index (χ1) is 16.6. The molecule has 180 valence electrons. The zero-order chi connectivity index (χ0) is 25.3. The van der Waals surface area contributed by atoms with Crippen LogP contribution in [0.5, 0.6) is 0 Å². The van der Waals surface area contributed by atoms with Gasteiger partial charge in [0.15, 0.2) is 0 Å². The molecular weight excluding hydrogens is 446 g/mol. The third-order valence-electron chi connectivity index (χ3n) is 5.43. The van der Waals surface area contributed by atoms with Crippen molar-refractivity contribution in [3.05, 3.63) is 71.4 Å². The van der Waals surface area contributed by atoms with Gasteiger partial charge < -0.3 is 14.0 Å². The van der Waals surface area contributed by atoms with Crippen molar-refractivity contribution in [2.45, 2.75) is 39.8 Å². The summed E-state index contributed by atoms with van der Waals surface area (Å²) in [5.41, 5.74) is 3.02. The van der Waals surface area contributed by atoms with Crippen LogP contribution in [0.2, 0.25) is 0 Å². The molecule has 0 N–H and O–H groups in total. The van der Waals surface area contributed by atoms with Gasteiger partial charge in [-0.15, -0.1) is 0 Å². The number of ether oxygens (including phenoxy) is 2. The van der Waals surface area contributed by atoms with Gasteiger partial charge in [-0.3, -0.25) is 9.59 Å². The summed E-state index contributed by atoms with van der Waals surface area (Å²) in [6.45, 7) is 7.32. The maximum Gasteiger partial charge on any atom is 0.337 e. The molecule has 0 spiro atoms. The fourth-order valence-corrected chi connectivity index (χ4v) is 3.91. The number of fused-ring (bicyclic) bond motifs is 1. The number of carbonyl (C=O) groups is 3. The molecule has 8 nitrogen and oxygen atoms in total. The molecule has 1 amide bonds. The Balaban J connectivity index is 1.64. The molecule has 2 aromatic carbocycles. The van der Waals surface area contributed by atoms with Crippen LogP contribution in [0, 0.1) is 0 Å². The summed E-state index contributed by atoms with van der Waals surface area (Å²) in [4.78, 5) is 37.4. The van der Waals surface area contributed by atoms with Crippen LogP contribution < -0.4 is 5.01 Å². The van der Waals surface area contributed by atoms with Crippen molar-refractivity contribution >= 4 is 46.2 Å². The second kappa shape index (κ2) is 9.21. The zero-order valence-electron chi connectivity index (χ0n) is 20.4. The molecule has 0 aliphatic carbocycles. The molecule has 35 heavy (non-hydrogen) atoms. The van der Waals surface area contributed by atoms with Gasteiger partial charge in [0, 0.05) is 22.7 Å². The van der Waals surface area contributed by atoms with Gasteiger partial charge >= 0.3 is 11.9 Å². The van der Waals surface area contributed by atoms with E-state index in [4.69, 9.17) is 9.47 Å². The van der Waals surface area contributed by atoms with Gasteiger partial charge in [-0.2, -0.15) is 10.1 Å². The van der Waals surface area contributed by atoms with Gasteiger partial charge in [-0.05, 0) is 64.1 Å². The monoisotopic (exact) mass is 473 g/mol. The van der Waals surface area contributed by atoms with Gasteiger partial charge in [-0.25, -0.2) is 4.79 Å². The highest BCUT2D eigenvalue weighted by molar-refractivity contribution is 6.32. The minimum Gasteiger partial charge on any atom is -0.465 e. The summed E-state index contributed by atoms with van der Waals surface area (Å²) in [7, 11) is 1.31. The number of amides is 1. The van der Waals surface area contributed by atoms with Crippen LogP contribution in [0.1, 0.15) is 43.6 Å². The average Bonchev–Trinajstić information content (AvgIpc) is 3.29. The third kappa shape index (κ3) is 5.01. The number of anilines is 1. The first-order valence-corrected chi connectivity index (χ1v) is 11.2. The van der Waals surface area contributed by atoms with E-state index in [0.29, 0.717) is 22.5 Å². The van der Waals surface area contributed by atoms with Crippen LogP contribution in [0.3, 0.4) is 0 Å². The lowest BCUT2D eigenvalue weighted by molar-refractivity contribution is -0.155. The van der Waals surface area contributed by atoms with E-state index < -0.39 is 11.6 Å². The van der Waals surface area contributed by atoms with Crippen molar-refractivity contribution in [1.82, 2.24) is 4.57 Å². The largest absolute Gasteiger partial charge is 0.465 e. The van der Waals surface area contributed by atoms with E-state index in [1.165, 1.54) is 12.1 Å². The second-order valence-electron chi connectivity index (χ2n) is 9.21. The number of hydrogen-bond donors (Lipinski definition) is 0. The number of benzene rings is 2. The van der Waals surface area contributed by atoms with E-state index in [9.17, 15) is 14.4 Å². The van der Waals surface area contributed by atoms with Gasteiger partial charge in [-0.1, -0.05) is 18.2 Å². The summed E-state index contributed by atoms with van der Waals surface area (Å²) >= 11 is 0. The van der Waals surface area contributed by atoms with E-state index in [2.05, 4.69) is 5.10 Å². The lowest BCUT2D eigenvalue weighted by Crippen LogP contribution is -2.26. The van der Waals surface area contributed by atoms with Gasteiger partial charge in [0.25, 0.3) is 5.91 Å². The molecule has 1 aliphatic heterocycles. The normalized spacial score (nSPS) is 15.0. The number of nitrogens with zero attached hydrogens (tertiary/aromatic N) is 3. The third-order valence-corrected chi connectivity index (χ3v) is 5.43. The lowest BCUT2D eigenvalue weighted by atomic mass is 10.1. The van der Waals surface area contributed by atoms with Crippen LogP contribution >= 0.6 is 0 Å². The molecule has 1 aromatic heterocycles. The van der Waals surface area contributed by atoms with Crippen molar-refractivity contribution in [1.29, 1.82) is 0 Å². The molecule has 0 unspecified atom stereocenters. The van der Waals surface area contributed by atoms with E-state index in [1.54, 1.807) is 37.3 Å². The lowest BCUT2D eigenvalue weighted by Gasteiger charge is -2.19. The molecule has 0 saturated carbocycles. The number of aromatic nitrogens is 1. The molecule has 0 atom stereocenters. The maximum absolute atomic E-state index is 13.2. The molecule has 0 bridgehead atoms. The Morgan fingerprint density at radius 1 is 1.06 bits per heavy atom. The zero-order valence-corrected chi connectivity index (χ0v) is 20.4. The maximum atomic E-state index is 13.2. The highest BCUT2D eigenvalue weighted by Gasteiger charge is 2.29. The standard InChI is InChI=1S/C27H27N3O5/c1-17-22(25(32)30(28-17)20-12-10-18(11-13-20)26(33)34-5)14-19-15-29(16-24(31)35-27(2,3)4)23-9-7-6-8-21(19)23/h6-15H,16H2,1-5H3/b22-14-. The topological polar surface area (TPSA) is 90.2 Å². The van der Waals surface area contributed by atoms with Crippen molar-refractivity contribution < 1.29 is 23.9 Å². The predicted molar refractivity (Wildman–Crippen MR) is 134 cm³/mol. The minimum atomic E-state index is -0.576. The summed E-state index contributed by atoms with van der Waals surface area (Å²) in [5.74, 6) is -1.07. The van der Waals surface area contributed by atoms with Crippen molar-refractivity contribution in [3.63, 3.8) is 0 Å². The molecular formula is C27H27N3O5. The predicted octanol–water partition coefficient (Wildman–Crippen LogP) is 4.58. The highest BCUT2D eigenvalue weighted by atomic mass is 16.6. The van der Waals surface area contributed by atoms with Crippen molar-refractivity contribution in [3.8, 4) is 0 Å². The Bertz CT molecular complexity index is 1370. The minimum absolute atomic E-state index is 0.0562. The van der Waals surface area contributed by atoms with E-state index in [-0.39, 0.29) is 18.4 Å². The molecule has 2 heterocycles. The van der Waals surface area contributed by atoms with E-state index >= 15 is 0 Å². The quantitative estimate of drug-likeness (QED) is 0.400. The average molecular weight is 474 g/mol. The summed E-state index contributed by atoms with van der Waals surface area (Å²) < 4.78 is 12.0.